The van der Waals surface area contributed by atoms with Gasteiger partial charge in [0.15, 0.2) is 0 Å². The number of thiophene rings is 1. The fraction of sp³-hybridized carbons (Fsp3) is 0.0462. The molecule has 2 aliphatic rings. The molecule has 15 rings (SSSR count). The molecule has 3 heterocycles. The normalized spacial score (nSPS) is 15.6. The van der Waals surface area contributed by atoms with Gasteiger partial charge in [-0.1, -0.05) is 183 Å². The third kappa shape index (κ3) is 5.25. The quantitative estimate of drug-likeness (QED) is 0.160. The van der Waals surface area contributed by atoms with E-state index in [2.05, 4.69) is 253 Å². The van der Waals surface area contributed by atoms with Gasteiger partial charge >= 0.3 is 0 Å². The van der Waals surface area contributed by atoms with Crippen LogP contribution in [0.2, 0.25) is 13.1 Å². The second-order valence-corrected chi connectivity index (χ2v) is 25.0. The Morgan fingerprint density at radius 3 is 1.94 bits per heavy atom. The molecule has 1 atom stereocenters. The number of aromatic nitrogens is 1. The van der Waals surface area contributed by atoms with Crippen LogP contribution >= 0.6 is 11.3 Å². The molecule has 69 heavy (non-hydrogen) atoms. The maximum absolute atomic E-state index is 2.60. The van der Waals surface area contributed by atoms with Crippen molar-refractivity contribution in [3.05, 3.63) is 253 Å². The van der Waals surface area contributed by atoms with Gasteiger partial charge in [0.1, 0.15) is 8.07 Å². The molecule has 0 saturated carbocycles. The van der Waals surface area contributed by atoms with E-state index in [1.54, 1.807) is 0 Å². The van der Waals surface area contributed by atoms with Gasteiger partial charge in [0.2, 0.25) is 0 Å². The van der Waals surface area contributed by atoms with Crippen LogP contribution in [0.1, 0.15) is 22.3 Å². The molecule has 0 fully saturated rings. The molecule has 2 nitrogen and oxygen atoms in total. The molecule has 1 aliphatic heterocycles. The smallest absolute Gasteiger partial charge is 0.113 e. The molecule has 0 N–H and O–H groups in total. The van der Waals surface area contributed by atoms with Gasteiger partial charge in [-0.05, 0) is 121 Å². The van der Waals surface area contributed by atoms with E-state index in [0.29, 0.717) is 0 Å². The van der Waals surface area contributed by atoms with Crippen molar-refractivity contribution in [2.45, 2.75) is 18.5 Å². The predicted molar refractivity (Wildman–Crippen MR) is 297 cm³/mol. The molecule has 324 valence electrons. The lowest BCUT2D eigenvalue weighted by Gasteiger charge is -2.50. The van der Waals surface area contributed by atoms with Crippen LogP contribution in [0.5, 0.6) is 0 Å². The minimum Gasteiger partial charge on any atom is -0.310 e. The molecule has 1 spiro atoms. The fourth-order valence-electron chi connectivity index (χ4n) is 12.9. The third-order valence-corrected chi connectivity index (χ3v) is 20.5. The van der Waals surface area contributed by atoms with Gasteiger partial charge in [0, 0.05) is 53.4 Å². The van der Waals surface area contributed by atoms with Crippen LogP contribution < -0.4 is 15.3 Å². The van der Waals surface area contributed by atoms with E-state index in [4.69, 9.17) is 0 Å². The monoisotopic (exact) mass is 912 g/mol. The molecule has 0 saturated heterocycles. The van der Waals surface area contributed by atoms with E-state index >= 15 is 0 Å². The summed E-state index contributed by atoms with van der Waals surface area (Å²) in [5, 5.41) is 13.2. The first-order valence-corrected chi connectivity index (χ1v) is 27.9. The van der Waals surface area contributed by atoms with Gasteiger partial charge in [-0.25, -0.2) is 0 Å². The first-order valence-electron chi connectivity index (χ1n) is 24.1. The molecule has 11 aromatic carbocycles. The largest absolute Gasteiger partial charge is 0.310 e. The molecule has 1 aliphatic carbocycles. The Bertz CT molecular complexity index is 4320. The maximum Gasteiger partial charge on any atom is 0.113 e. The Balaban J connectivity index is 1.01. The summed E-state index contributed by atoms with van der Waals surface area (Å²) in [6.45, 7) is 5.15. The standard InChI is InChI=1S/C65H44N2SSi/c1-69(2)62-31-12-9-26-54(62)65(53-25-8-5-21-47(53)51-24-13-18-42-19-14-27-56(65)64(42)51)55-36-33-45(40-63(55)69)66(57-29-15-17-41-16-3-4-20-46(41)57)44-32-35-49-48-22-6-10-28-58(48)67(59(49)39-44)43-34-37-61-52(38-43)50-23-7-11-30-60(50)68-61/h3-40H,1-2H3. The second-order valence-electron chi connectivity index (χ2n) is 19.6. The molecule has 0 amide bonds. The number of anilines is 3. The number of rotatable bonds is 4. The summed E-state index contributed by atoms with van der Waals surface area (Å²) in [6, 6.07) is 87.6. The Morgan fingerprint density at radius 1 is 0.406 bits per heavy atom. The van der Waals surface area contributed by atoms with Crippen LogP contribution in [0, 0.1) is 0 Å². The molecular formula is C65H44N2SSi. The fourth-order valence-corrected chi connectivity index (χ4v) is 17.2. The Hall–Kier alpha value is -8.02. The zero-order valence-electron chi connectivity index (χ0n) is 38.2. The summed E-state index contributed by atoms with van der Waals surface area (Å²) in [6.07, 6.45) is 0. The Kier molecular flexibility index (Phi) is 8.06. The third-order valence-electron chi connectivity index (χ3n) is 15.8. The Labute approximate surface area is 405 Å². The van der Waals surface area contributed by atoms with Gasteiger partial charge in [-0.15, -0.1) is 11.3 Å². The number of fused-ring (bicyclic) bond motifs is 15. The van der Waals surface area contributed by atoms with Crippen LogP contribution in [0.25, 0.3) is 80.3 Å². The number of benzene rings is 11. The summed E-state index contributed by atoms with van der Waals surface area (Å²) >= 11 is 1.87. The highest BCUT2D eigenvalue weighted by molar-refractivity contribution is 7.25. The van der Waals surface area contributed by atoms with Gasteiger partial charge in [-0.3, -0.25) is 0 Å². The van der Waals surface area contributed by atoms with Gasteiger partial charge in [0.05, 0.1) is 22.1 Å². The van der Waals surface area contributed by atoms with E-state index in [9.17, 15) is 0 Å². The van der Waals surface area contributed by atoms with Crippen molar-refractivity contribution in [3.8, 4) is 16.8 Å². The summed E-state index contributed by atoms with van der Waals surface area (Å²) in [5.41, 5.74) is 14.7. The highest BCUT2D eigenvalue weighted by atomic mass is 32.1. The predicted octanol–water partition coefficient (Wildman–Crippen LogP) is 16.4. The van der Waals surface area contributed by atoms with Crippen LogP contribution in [-0.2, 0) is 5.41 Å². The summed E-state index contributed by atoms with van der Waals surface area (Å²) in [5.74, 6) is 0. The first-order chi connectivity index (χ1) is 34.0. The topological polar surface area (TPSA) is 8.17 Å². The second kappa shape index (κ2) is 14.3. The van der Waals surface area contributed by atoms with E-state index in [1.165, 1.54) is 113 Å². The lowest BCUT2D eigenvalue weighted by Crippen LogP contribution is -2.63. The highest BCUT2D eigenvalue weighted by Gasteiger charge is 2.52. The summed E-state index contributed by atoms with van der Waals surface area (Å²) in [4.78, 5) is 2.54. The zero-order valence-corrected chi connectivity index (χ0v) is 40.1. The maximum atomic E-state index is 2.60. The molecule has 0 radical (unpaired) electrons. The van der Waals surface area contributed by atoms with E-state index < -0.39 is 13.5 Å². The van der Waals surface area contributed by atoms with Crippen LogP contribution in [-0.4, -0.2) is 12.6 Å². The van der Waals surface area contributed by atoms with Crippen molar-refractivity contribution in [1.82, 2.24) is 4.57 Å². The zero-order chi connectivity index (χ0) is 45.6. The molecule has 4 heteroatoms. The van der Waals surface area contributed by atoms with Crippen LogP contribution in [0.15, 0.2) is 231 Å². The molecule has 2 aromatic heterocycles. The molecule has 0 bridgehead atoms. The van der Waals surface area contributed by atoms with Crippen LogP contribution in [0.3, 0.4) is 0 Å². The molecular weight excluding hydrogens is 869 g/mol. The van der Waals surface area contributed by atoms with Crippen molar-refractivity contribution in [2.24, 2.45) is 0 Å². The minimum absolute atomic E-state index is 0.504. The van der Waals surface area contributed by atoms with Crippen molar-refractivity contribution >= 4 is 110 Å². The summed E-state index contributed by atoms with van der Waals surface area (Å²) < 4.78 is 5.12. The SMILES string of the molecule is C[Si]1(C)c2ccccc2C2(c3ccccc3-c3cccc4cccc2c34)c2ccc(N(c3ccc4c5ccccc5n(-c5ccc6sc7ccccc7c6c5)c4c3)c3cccc4ccccc34)cc21. The molecule has 1 unspecified atom stereocenters. The Morgan fingerprint density at radius 2 is 1.03 bits per heavy atom. The number of para-hydroxylation sites is 1. The number of hydrogen-bond donors (Lipinski definition) is 0. The van der Waals surface area contributed by atoms with Crippen molar-refractivity contribution in [2.75, 3.05) is 4.90 Å². The van der Waals surface area contributed by atoms with Crippen molar-refractivity contribution in [3.63, 3.8) is 0 Å². The summed E-state index contributed by atoms with van der Waals surface area (Å²) in [7, 11) is -2.36. The van der Waals surface area contributed by atoms with E-state index in [-0.39, 0.29) is 0 Å². The molecule has 13 aromatic rings. The first kappa shape index (κ1) is 39.0. The van der Waals surface area contributed by atoms with E-state index in [1.807, 2.05) is 11.3 Å². The van der Waals surface area contributed by atoms with Crippen molar-refractivity contribution < 1.29 is 0 Å². The average Bonchev–Trinajstić information content (AvgIpc) is 3.94. The highest BCUT2D eigenvalue weighted by Crippen LogP contribution is 2.57. The van der Waals surface area contributed by atoms with Gasteiger partial charge in [-0.2, -0.15) is 0 Å². The number of hydrogen-bond acceptors (Lipinski definition) is 2. The lowest BCUT2D eigenvalue weighted by atomic mass is 9.59. The minimum atomic E-state index is -2.36. The van der Waals surface area contributed by atoms with Crippen LogP contribution in [0.4, 0.5) is 17.1 Å². The number of nitrogens with zero attached hydrogens (tertiary/aromatic N) is 2. The van der Waals surface area contributed by atoms with Gasteiger partial charge in [0.25, 0.3) is 0 Å². The van der Waals surface area contributed by atoms with E-state index in [0.717, 1.165) is 17.1 Å². The lowest BCUT2D eigenvalue weighted by molar-refractivity contribution is 0.754. The van der Waals surface area contributed by atoms with Gasteiger partial charge < -0.3 is 9.47 Å². The average molecular weight is 913 g/mol. The van der Waals surface area contributed by atoms with Crippen molar-refractivity contribution in [1.29, 1.82) is 0 Å².